The van der Waals surface area contributed by atoms with Crippen molar-refractivity contribution in [2.45, 2.75) is 45.9 Å². The van der Waals surface area contributed by atoms with E-state index in [1.54, 1.807) is 22.8 Å². The highest BCUT2D eigenvalue weighted by atomic mass is 19.1. The predicted molar refractivity (Wildman–Crippen MR) is 95.7 cm³/mol. The summed E-state index contributed by atoms with van der Waals surface area (Å²) in [5.74, 6) is 0.499. The third-order valence-electron chi connectivity index (χ3n) is 4.57. The number of ether oxygens (including phenoxy) is 1. The van der Waals surface area contributed by atoms with Gasteiger partial charge in [0.05, 0.1) is 5.56 Å². The van der Waals surface area contributed by atoms with Gasteiger partial charge in [0.2, 0.25) is 5.88 Å². The molecule has 7 heteroatoms. The lowest BCUT2D eigenvalue weighted by molar-refractivity contribution is 0.291. The van der Waals surface area contributed by atoms with Crippen molar-refractivity contribution in [2.24, 2.45) is 0 Å². The molecule has 0 spiro atoms. The van der Waals surface area contributed by atoms with E-state index in [2.05, 4.69) is 23.7 Å². The van der Waals surface area contributed by atoms with Gasteiger partial charge in [0, 0.05) is 25.2 Å². The summed E-state index contributed by atoms with van der Waals surface area (Å²) in [5, 5.41) is 8.91. The van der Waals surface area contributed by atoms with Crippen LogP contribution in [0.15, 0.2) is 29.1 Å². The molecule has 1 aromatic heterocycles. The Morgan fingerprint density at radius 3 is 2.88 bits per heavy atom. The van der Waals surface area contributed by atoms with Crippen LogP contribution in [0.3, 0.4) is 0 Å². The fourth-order valence-corrected chi connectivity index (χ4v) is 3.25. The van der Waals surface area contributed by atoms with Crippen molar-refractivity contribution < 1.29 is 9.13 Å². The van der Waals surface area contributed by atoms with Crippen LogP contribution in [0.2, 0.25) is 0 Å². The van der Waals surface area contributed by atoms with Crippen LogP contribution < -0.4 is 15.3 Å². The summed E-state index contributed by atoms with van der Waals surface area (Å²) >= 11 is 0. The molecule has 0 saturated heterocycles. The van der Waals surface area contributed by atoms with E-state index in [0.29, 0.717) is 12.1 Å². The number of aromatic nitrogens is 2. The first-order valence-electron chi connectivity index (χ1n) is 8.77. The second-order valence-corrected chi connectivity index (χ2v) is 6.32. The highest BCUT2D eigenvalue weighted by Gasteiger charge is 2.29. The normalized spacial score (nSPS) is 15.6. The molecule has 3 rings (SSSR count). The summed E-state index contributed by atoms with van der Waals surface area (Å²) in [7, 11) is 0. The number of rotatable bonds is 6. The summed E-state index contributed by atoms with van der Waals surface area (Å²) in [4.78, 5) is 18.6. The van der Waals surface area contributed by atoms with E-state index in [9.17, 15) is 9.18 Å². The number of nitrogens with zero attached hydrogens (tertiary/aromatic N) is 4. The van der Waals surface area contributed by atoms with Crippen LogP contribution in [0.4, 0.5) is 10.2 Å². The first-order valence-corrected chi connectivity index (χ1v) is 8.77. The molecule has 6 nitrogen and oxygen atoms in total. The minimum absolute atomic E-state index is 0.0343. The third kappa shape index (κ3) is 3.40. The Kier molecular flexibility index (Phi) is 5.21. The quantitative estimate of drug-likeness (QED) is 0.796. The van der Waals surface area contributed by atoms with Crippen molar-refractivity contribution in [1.82, 2.24) is 9.55 Å². The van der Waals surface area contributed by atoms with Gasteiger partial charge in [0.1, 0.15) is 24.3 Å². The maximum atomic E-state index is 13.4. The zero-order chi connectivity index (χ0) is 18.7. The summed E-state index contributed by atoms with van der Waals surface area (Å²) in [6.07, 6.45) is 1.93. The van der Waals surface area contributed by atoms with Crippen molar-refractivity contribution in [3.63, 3.8) is 0 Å². The molecule has 0 fully saturated rings. The third-order valence-corrected chi connectivity index (χ3v) is 4.57. The van der Waals surface area contributed by atoms with Gasteiger partial charge in [-0.2, -0.15) is 10.2 Å². The van der Waals surface area contributed by atoms with E-state index in [1.165, 1.54) is 12.1 Å². The van der Waals surface area contributed by atoms with Crippen LogP contribution in [-0.4, -0.2) is 22.1 Å². The summed E-state index contributed by atoms with van der Waals surface area (Å²) in [6, 6.07) is 8.09. The van der Waals surface area contributed by atoms with Crippen molar-refractivity contribution in [1.29, 1.82) is 5.26 Å². The molecule has 0 N–H and O–H groups in total. The second-order valence-electron chi connectivity index (χ2n) is 6.32. The van der Waals surface area contributed by atoms with Gasteiger partial charge in [-0.15, -0.1) is 0 Å². The van der Waals surface area contributed by atoms with Crippen LogP contribution in [0.1, 0.15) is 37.8 Å². The van der Waals surface area contributed by atoms with Crippen molar-refractivity contribution in [2.75, 3.05) is 11.4 Å². The molecule has 0 aliphatic carbocycles. The van der Waals surface area contributed by atoms with Crippen molar-refractivity contribution in [3.8, 4) is 11.9 Å². The zero-order valence-electron chi connectivity index (χ0n) is 14.9. The Labute approximate surface area is 151 Å². The zero-order valence-corrected chi connectivity index (χ0v) is 14.9. The Bertz CT molecular complexity index is 903. The molecule has 0 radical (unpaired) electrons. The number of fused-ring (bicyclic) bond motifs is 1. The number of hydrogen-bond donors (Lipinski definition) is 0. The first-order chi connectivity index (χ1) is 12.6. The molecule has 0 amide bonds. The van der Waals surface area contributed by atoms with Crippen LogP contribution in [0.5, 0.6) is 5.88 Å². The molecule has 136 valence electrons. The van der Waals surface area contributed by atoms with E-state index in [1.807, 2.05) is 0 Å². The number of nitriles is 1. The van der Waals surface area contributed by atoms with Gasteiger partial charge in [0.25, 0.3) is 0 Å². The molecule has 0 saturated carbocycles. The van der Waals surface area contributed by atoms with E-state index in [4.69, 9.17) is 10.00 Å². The molecule has 26 heavy (non-hydrogen) atoms. The molecule has 2 aromatic rings. The topological polar surface area (TPSA) is 71.2 Å². The Morgan fingerprint density at radius 1 is 1.38 bits per heavy atom. The van der Waals surface area contributed by atoms with E-state index in [0.717, 1.165) is 25.2 Å². The largest absolute Gasteiger partial charge is 0.473 e. The summed E-state index contributed by atoms with van der Waals surface area (Å²) in [5.41, 5.74) is 0.279. The van der Waals surface area contributed by atoms with Crippen LogP contribution in [0, 0.1) is 17.1 Å². The highest BCUT2D eigenvalue weighted by molar-refractivity contribution is 5.47. The van der Waals surface area contributed by atoms with Crippen LogP contribution in [-0.2, 0) is 13.2 Å². The molecular weight excluding hydrogens is 335 g/mol. The standard InChI is InChI=1S/C19H21FN4O2/c1-3-7-23-15(4-2)11-24-18(23)9-17(22-19(24)25)26-12-13-5-6-16(20)14(8-13)10-21/h5-6,8-9,15H,3-4,7,11-12H2,1-2H3. The monoisotopic (exact) mass is 356 g/mol. The number of benzene rings is 1. The fraction of sp³-hybridized carbons (Fsp3) is 0.421. The minimum Gasteiger partial charge on any atom is -0.473 e. The van der Waals surface area contributed by atoms with Gasteiger partial charge in [-0.1, -0.05) is 19.9 Å². The Hall–Kier alpha value is -2.88. The second kappa shape index (κ2) is 7.56. The summed E-state index contributed by atoms with van der Waals surface area (Å²) < 4.78 is 20.7. The Morgan fingerprint density at radius 2 is 2.19 bits per heavy atom. The minimum atomic E-state index is -0.564. The van der Waals surface area contributed by atoms with Crippen LogP contribution >= 0.6 is 0 Å². The van der Waals surface area contributed by atoms with Crippen LogP contribution in [0.25, 0.3) is 0 Å². The molecule has 1 aliphatic heterocycles. The summed E-state index contributed by atoms with van der Waals surface area (Å²) in [6.45, 7) is 5.83. The molecule has 1 aliphatic rings. The highest BCUT2D eigenvalue weighted by Crippen LogP contribution is 2.28. The van der Waals surface area contributed by atoms with E-state index < -0.39 is 5.82 Å². The lowest BCUT2D eigenvalue weighted by atomic mass is 10.1. The number of anilines is 1. The van der Waals surface area contributed by atoms with Gasteiger partial charge in [0.15, 0.2) is 0 Å². The van der Waals surface area contributed by atoms with E-state index >= 15 is 0 Å². The Balaban J connectivity index is 1.83. The number of hydrogen-bond acceptors (Lipinski definition) is 5. The lowest BCUT2D eigenvalue weighted by Gasteiger charge is -2.24. The number of halogens is 1. The van der Waals surface area contributed by atoms with Crippen molar-refractivity contribution >= 4 is 5.82 Å². The SMILES string of the molecule is CCCN1c2cc(OCc3ccc(F)c(C#N)c3)nc(=O)n2CC1CC. The van der Waals surface area contributed by atoms with Gasteiger partial charge < -0.3 is 9.64 Å². The smallest absolute Gasteiger partial charge is 0.352 e. The molecule has 2 heterocycles. The average molecular weight is 356 g/mol. The van der Waals surface area contributed by atoms with Gasteiger partial charge in [-0.25, -0.2) is 9.18 Å². The van der Waals surface area contributed by atoms with Crippen molar-refractivity contribution in [3.05, 3.63) is 51.7 Å². The van der Waals surface area contributed by atoms with Gasteiger partial charge in [-0.3, -0.25) is 4.57 Å². The maximum Gasteiger partial charge on any atom is 0.352 e. The lowest BCUT2D eigenvalue weighted by Crippen LogP contribution is -2.31. The fourth-order valence-electron chi connectivity index (χ4n) is 3.25. The van der Waals surface area contributed by atoms with Gasteiger partial charge in [-0.05, 0) is 30.5 Å². The molecule has 0 bridgehead atoms. The van der Waals surface area contributed by atoms with Gasteiger partial charge >= 0.3 is 5.69 Å². The average Bonchev–Trinajstić information content (AvgIpc) is 3.00. The maximum absolute atomic E-state index is 13.4. The first kappa shape index (κ1) is 17.9. The molecular formula is C19H21FN4O2. The molecule has 1 unspecified atom stereocenters. The molecule has 1 aromatic carbocycles. The van der Waals surface area contributed by atoms with E-state index in [-0.39, 0.29) is 29.8 Å². The predicted octanol–water partition coefficient (Wildman–Crippen LogP) is 2.84. The molecule has 1 atom stereocenters.